The van der Waals surface area contributed by atoms with Gasteiger partial charge in [0.25, 0.3) is 5.91 Å². The van der Waals surface area contributed by atoms with Crippen LogP contribution in [0.3, 0.4) is 0 Å². The third-order valence-corrected chi connectivity index (χ3v) is 6.26. The Hall–Kier alpha value is -3.40. The standard InChI is InChI=1S/C26H21Cl2F3N4O2/c27-21-8-2-6-19(24(21)28)14-35(13-17-4-1-7-20(10-17)26(29,30)31)15-23-34-22(16-37-23)25(36)33-12-18-5-3-9-32-11-18/h1-11,16H,12-15H2,(H,33,36). The van der Waals surface area contributed by atoms with Crippen molar-refractivity contribution in [3.05, 3.63) is 117 Å². The van der Waals surface area contributed by atoms with E-state index in [1.54, 1.807) is 47.6 Å². The number of nitrogens with zero attached hydrogens (tertiary/aromatic N) is 3. The molecule has 192 valence electrons. The largest absolute Gasteiger partial charge is 0.447 e. The van der Waals surface area contributed by atoms with E-state index in [0.29, 0.717) is 21.2 Å². The molecular weight excluding hydrogens is 528 g/mol. The lowest BCUT2D eigenvalue weighted by Crippen LogP contribution is -2.24. The van der Waals surface area contributed by atoms with Gasteiger partial charge < -0.3 is 9.73 Å². The summed E-state index contributed by atoms with van der Waals surface area (Å²) in [6.07, 6.45) is 0.0541. The van der Waals surface area contributed by atoms with E-state index in [1.807, 2.05) is 6.07 Å². The molecule has 0 atom stereocenters. The highest BCUT2D eigenvalue weighted by atomic mass is 35.5. The van der Waals surface area contributed by atoms with Crippen LogP contribution in [0, 0.1) is 0 Å². The zero-order valence-corrected chi connectivity index (χ0v) is 20.8. The topological polar surface area (TPSA) is 71.3 Å². The van der Waals surface area contributed by atoms with Gasteiger partial charge in [-0.15, -0.1) is 0 Å². The first-order valence-corrected chi connectivity index (χ1v) is 11.9. The highest BCUT2D eigenvalue weighted by Crippen LogP contribution is 2.31. The van der Waals surface area contributed by atoms with Crippen molar-refractivity contribution in [2.45, 2.75) is 32.4 Å². The van der Waals surface area contributed by atoms with E-state index in [4.69, 9.17) is 27.6 Å². The van der Waals surface area contributed by atoms with E-state index >= 15 is 0 Å². The van der Waals surface area contributed by atoms with Gasteiger partial charge in [0.15, 0.2) is 5.69 Å². The summed E-state index contributed by atoms with van der Waals surface area (Å²) in [5, 5.41) is 3.45. The van der Waals surface area contributed by atoms with Crippen LogP contribution in [-0.4, -0.2) is 20.8 Å². The fraction of sp³-hybridized carbons (Fsp3) is 0.192. The number of aromatic nitrogens is 2. The summed E-state index contributed by atoms with van der Waals surface area (Å²) in [7, 11) is 0. The van der Waals surface area contributed by atoms with E-state index < -0.39 is 17.6 Å². The van der Waals surface area contributed by atoms with Gasteiger partial charge in [0.1, 0.15) is 6.26 Å². The number of halogens is 5. The number of alkyl halides is 3. The predicted molar refractivity (Wildman–Crippen MR) is 133 cm³/mol. The van der Waals surface area contributed by atoms with Crippen LogP contribution < -0.4 is 5.32 Å². The average molecular weight is 549 g/mol. The molecule has 11 heteroatoms. The predicted octanol–water partition coefficient (Wildman–Crippen LogP) is 6.53. The van der Waals surface area contributed by atoms with E-state index in [2.05, 4.69) is 15.3 Å². The number of rotatable bonds is 9. The maximum Gasteiger partial charge on any atom is 0.416 e. The first kappa shape index (κ1) is 26.7. The number of amides is 1. The van der Waals surface area contributed by atoms with Gasteiger partial charge in [0.05, 0.1) is 22.2 Å². The third-order valence-electron chi connectivity index (χ3n) is 5.41. The molecule has 0 saturated heterocycles. The molecule has 0 radical (unpaired) electrons. The van der Waals surface area contributed by atoms with Crippen LogP contribution in [0.1, 0.15) is 38.6 Å². The van der Waals surface area contributed by atoms with Crippen molar-refractivity contribution in [2.75, 3.05) is 0 Å². The Morgan fingerprint density at radius 2 is 1.78 bits per heavy atom. The van der Waals surface area contributed by atoms with Crippen LogP contribution in [0.15, 0.2) is 77.7 Å². The van der Waals surface area contributed by atoms with Gasteiger partial charge in [-0.05, 0) is 34.9 Å². The first-order chi connectivity index (χ1) is 17.7. The molecule has 0 bridgehead atoms. The smallest absolute Gasteiger partial charge is 0.416 e. The normalized spacial score (nSPS) is 11.6. The van der Waals surface area contributed by atoms with Crippen LogP contribution in [0.25, 0.3) is 0 Å². The minimum Gasteiger partial charge on any atom is -0.447 e. The van der Waals surface area contributed by atoms with Crippen molar-refractivity contribution in [2.24, 2.45) is 0 Å². The molecule has 2 aromatic heterocycles. The van der Waals surface area contributed by atoms with Crippen LogP contribution in [-0.2, 0) is 32.4 Å². The Kier molecular flexibility index (Phi) is 8.48. The summed E-state index contributed by atoms with van der Waals surface area (Å²) >= 11 is 12.5. The fourth-order valence-corrected chi connectivity index (χ4v) is 4.02. The monoisotopic (exact) mass is 548 g/mol. The molecule has 4 rings (SSSR count). The number of hydrogen-bond acceptors (Lipinski definition) is 5. The number of nitrogens with one attached hydrogen (secondary N) is 1. The molecule has 1 amide bonds. The molecule has 4 aromatic rings. The molecule has 2 aromatic carbocycles. The maximum atomic E-state index is 13.2. The summed E-state index contributed by atoms with van der Waals surface area (Å²) in [6, 6.07) is 13.8. The van der Waals surface area contributed by atoms with Crippen molar-refractivity contribution < 1.29 is 22.4 Å². The molecule has 2 heterocycles. The molecule has 0 aliphatic carbocycles. The van der Waals surface area contributed by atoms with Gasteiger partial charge in [-0.3, -0.25) is 14.7 Å². The van der Waals surface area contributed by atoms with Gasteiger partial charge >= 0.3 is 6.18 Å². The summed E-state index contributed by atoms with van der Waals surface area (Å²) in [5.74, 6) is -0.210. The Morgan fingerprint density at radius 1 is 1.00 bits per heavy atom. The highest BCUT2D eigenvalue weighted by Gasteiger charge is 2.30. The van der Waals surface area contributed by atoms with Crippen LogP contribution in [0.4, 0.5) is 13.2 Å². The van der Waals surface area contributed by atoms with Gasteiger partial charge in [-0.25, -0.2) is 4.98 Å². The summed E-state index contributed by atoms with van der Waals surface area (Å²) in [6.45, 7) is 0.761. The minimum absolute atomic E-state index is 0.0821. The van der Waals surface area contributed by atoms with Crippen LogP contribution in [0.2, 0.25) is 10.0 Å². The lowest BCUT2D eigenvalue weighted by molar-refractivity contribution is -0.137. The number of pyridine rings is 1. The molecule has 0 fully saturated rings. The summed E-state index contributed by atoms with van der Waals surface area (Å²) in [4.78, 5) is 22.6. The zero-order valence-electron chi connectivity index (χ0n) is 19.3. The quantitative estimate of drug-likeness (QED) is 0.257. The van der Waals surface area contributed by atoms with Crippen molar-refractivity contribution in [1.82, 2.24) is 20.2 Å². The fourth-order valence-electron chi connectivity index (χ4n) is 3.64. The number of hydrogen-bond donors (Lipinski definition) is 1. The second-order valence-corrected chi connectivity index (χ2v) is 9.01. The number of carbonyl (C=O) groups excluding carboxylic acids is 1. The highest BCUT2D eigenvalue weighted by molar-refractivity contribution is 6.42. The summed E-state index contributed by atoms with van der Waals surface area (Å²) < 4.78 is 45.2. The molecule has 0 spiro atoms. The van der Waals surface area contributed by atoms with Crippen molar-refractivity contribution in [3.63, 3.8) is 0 Å². The van der Waals surface area contributed by atoms with Crippen molar-refractivity contribution in [3.8, 4) is 0 Å². The second-order valence-electron chi connectivity index (χ2n) is 8.23. The molecule has 1 N–H and O–H groups in total. The SMILES string of the molecule is O=C(NCc1cccnc1)c1coc(CN(Cc2cccc(C(F)(F)F)c2)Cc2cccc(Cl)c2Cl)n1. The molecule has 0 saturated carbocycles. The lowest BCUT2D eigenvalue weighted by Gasteiger charge is -2.22. The average Bonchev–Trinajstić information content (AvgIpc) is 3.34. The minimum atomic E-state index is -4.46. The molecule has 0 aliphatic heterocycles. The number of benzene rings is 2. The molecule has 6 nitrogen and oxygen atoms in total. The molecule has 0 aliphatic rings. The Balaban J connectivity index is 1.51. The van der Waals surface area contributed by atoms with Crippen molar-refractivity contribution in [1.29, 1.82) is 0 Å². The zero-order chi connectivity index (χ0) is 26.4. The Morgan fingerprint density at radius 3 is 2.54 bits per heavy atom. The lowest BCUT2D eigenvalue weighted by atomic mass is 10.1. The van der Waals surface area contributed by atoms with Crippen molar-refractivity contribution >= 4 is 29.1 Å². The number of oxazole rings is 1. The van der Waals surface area contributed by atoms with Gasteiger partial charge in [0, 0.05) is 32.0 Å². The molecule has 0 unspecified atom stereocenters. The van der Waals surface area contributed by atoms with Gasteiger partial charge in [0.2, 0.25) is 5.89 Å². The Bertz CT molecular complexity index is 1360. The van der Waals surface area contributed by atoms with Gasteiger partial charge in [-0.1, -0.05) is 59.6 Å². The third kappa shape index (κ3) is 7.31. The maximum absolute atomic E-state index is 13.2. The molecule has 37 heavy (non-hydrogen) atoms. The van der Waals surface area contributed by atoms with Gasteiger partial charge in [-0.2, -0.15) is 13.2 Å². The summed E-state index contributed by atoms with van der Waals surface area (Å²) in [5.41, 5.74) is 1.29. The second kappa shape index (κ2) is 11.8. The Labute approximate surface area is 221 Å². The van der Waals surface area contributed by atoms with E-state index in [0.717, 1.165) is 17.7 Å². The number of carbonyl (C=O) groups is 1. The van der Waals surface area contributed by atoms with E-state index in [1.165, 1.54) is 12.3 Å². The van der Waals surface area contributed by atoms with E-state index in [-0.39, 0.29) is 37.8 Å². The van der Waals surface area contributed by atoms with E-state index in [9.17, 15) is 18.0 Å². The molecular formula is C26H21Cl2F3N4O2. The van der Waals surface area contributed by atoms with Crippen LogP contribution in [0.5, 0.6) is 0 Å². The van der Waals surface area contributed by atoms with Crippen LogP contribution >= 0.6 is 23.2 Å². The first-order valence-electron chi connectivity index (χ1n) is 11.1.